The molecule has 0 unspecified atom stereocenters. The van der Waals surface area contributed by atoms with Crippen molar-refractivity contribution in [2.24, 2.45) is 21.5 Å². The average molecular weight is 387 g/mol. The van der Waals surface area contributed by atoms with E-state index in [1.165, 1.54) is 5.06 Å². The van der Waals surface area contributed by atoms with E-state index in [9.17, 15) is 0 Å². The first-order valence-electron chi connectivity index (χ1n) is 8.07. The molecule has 0 spiro atoms. The molecule has 0 atom stereocenters. The van der Waals surface area contributed by atoms with E-state index in [4.69, 9.17) is 39.5 Å². The third-order valence-corrected chi connectivity index (χ3v) is 4.50. The minimum absolute atomic E-state index is 0.152. The molecule has 138 valence electrons. The van der Waals surface area contributed by atoms with Gasteiger partial charge in [0.1, 0.15) is 0 Å². The van der Waals surface area contributed by atoms with Crippen LogP contribution in [-0.4, -0.2) is 42.3 Å². The maximum atomic E-state index is 6.10. The number of hydrogen-bond donors (Lipinski definition) is 2. The fraction of sp³-hybridized carbons (Fsp3) is 0.500. The molecule has 0 fully saturated rings. The number of hydroxylamine groups is 2. The van der Waals surface area contributed by atoms with Gasteiger partial charge in [-0.3, -0.25) is 4.84 Å². The Morgan fingerprint density at radius 1 is 1.24 bits per heavy atom. The lowest BCUT2D eigenvalue weighted by Crippen LogP contribution is -2.53. The lowest BCUT2D eigenvalue weighted by atomic mass is 10.2. The van der Waals surface area contributed by atoms with Crippen molar-refractivity contribution >= 4 is 40.8 Å². The fourth-order valence-corrected chi connectivity index (χ4v) is 2.87. The van der Waals surface area contributed by atoms with Gasteiger partial charge in [-0.05, 0) is 45.4 Å². The number of nitrogens with two attached hydrogens (primary N) is 2. The quantitative estimate of drug-likeness (QED) is 0.702. The van der Waals surface area contributed by atoms with Gasteiger partial charge in [-0.15, -0.1) is 0 Å². The van der Waals surface area contributed by atoms with Crippen LogP contribution in [0.2, 0.25) is 10.0 Å². The minimum atomic E-state index is -0.690. The van der Waals surface area contributed by atoms with Gasteiger partial charge in [-0.1, -0.05) is 23.2 Å². The van der Waals surface area contributed by atoms with Crippen LogP contribution in [0.5, 0.6) is 0 Å². The van der Waals surface area contributed by atoms with Crippen LogP contribution in [-0.2, 0) is 4.84 Å². The van der Waals surface area contributed by atoms with Gasteiger partial charge in [0.05, 0.1) is 16.7 Å². The molecule has 0 amide bonds. The summed E-state index contributed by atoms with van der Waals surface area (Å²) < 4.78 is 0. The molecular weight excluding hydrogens is 363 g/mol. The van der Waals surface area contributed by atoms with Crippen LogP contribution in [0.4, 0.5) is 5.69 Å². The fourth-order valence-electron chi connectivity index (χ4n) is 2.58. The second kappa shape index (κ2) is 8.12. The Hall–Kier alpha value is -1.70. The molecular formula is C16H24Cl2N6O. The molecule has 2 rings (SSSR count). The van der Waals surface area contributed by atoms with Gasteiger partial charge < -0.3 is 16.4 Å². The second-order valence-electron chi connectivity index (χ2n) is 6.09. The van der Waals surface area contributed by atoms with Crippen molar-refractivity contribution in [3.8, 4) is 0 Å². The highest BCUT2D eigenvalue weighted by Gasteiger charge is 2.32. The number of benzene rings is 1. The van der Waals surface area contributed by atoms with E-state index >= 15 is 0 Å². The summed E-state index contributed by atoms with van der Waals surface area (Å²) >= 11 is 12.1. The van der Waals surface area contributed by atoms with Gasteiger partial charge in [0, 0.05) is 18.8 Å². The predicted molar refractivity (Wildman–Crippen MR) is 104 cm³/mol. The lowest BCUT2D eigenvalue weighted by molar-refractivity contribution is -0.157. The predicted octanol–water partition coefficient (Wildman–Crippen LogP) is 2.82. The zero-order valence-corrected chi connectivity index (χ0v) is 16.2. The van der Waals surface area contributed by atoms with E-state index in [0.717, 1.165) is 25.2 Å². The maximum absolute atomic E-state index is 6.10. The number of rotatable bonds is 7. The van der Waals surface area contributed by atoms with Crippen molar-refractivity contribution in [1.82, 2.24) is 5.06 Å². The summed E-state index contributed by atoms with van der Waals surface area (Å²) in [6.07, 6.45) is 0.785. The summed E-state index contributed by atoms with van der Waals surface area (Å²) in [5.74, 6) is 0.355. The van der Waals surface area contributed by atoms with E-state index in [-0.39, 0.29) is 11.9 Å². The molecule has 1 heterocycles. The highest BCUT2D eigenvalue weighted by atomic mass is 35.5. The van der Waals surface area contributed by atoms with Crippen LogP contribution in [0, 0.1) is 0 Å². The lowest BCUT2D eigenvalue weighted by Gasteiger charge is -2.36. The molecule has 1 aliphatic rings. The Bertz CT molecular complexity index is 677. The van der Waals surface area contributed by atoms with E-state index in [1.54, 1.807) is 6.07 Å². The van der Waals surface area contributed by atoms with Gasteiger partial charge >= 0.3 is 0 Å². The van der Waals surface area contributed by atoms with Crippen LogP contribution in [0.25, 0.3) is 0 Å². The van der Waals surface area contributed by atoms with Crippen LogP contribution in [0.1, 0.15) is 27.2 Å². The Balaban J connectivity index is 1.89. The third-order valence-electron chi connectivity index (χ3n) is 3.77. The monoisotopic (exact) mass is 386 g/mol. The van der Waals surface area contributed by atoms with E-state index in [2.05, 4.69) is 21.8 Å². The normalized spacial score (nSPS) is 16.4. The average Bonchev–Trinajstić information content (AvgIpc) is 2.51. The molecule has 1 aromatic carbocycles. The van der Waals surface area contributed by atoms with Crippen LogP contribution < -0.4 is 16.4 Å². The van der Waals surface area contributed by atoms with Gasteiger partial charge in [0.25, 0.3) is 0 Å². The highest BCUT2D eigenvalue weighted by molar-refractivity contribution is 6.42. The smallest absolute Gasteiger partial charge is 0.226 e. The molecule has 9 heteroatoms. The summed E-state index contributed by atoms with van der Waals surface area (Å²) in [4.78, 5) is 16.1. The third kappa shape index (κ3) is 4.90. The molecule has 1 aliphatic heterocycles. The Labute approximate surface area is 158 Å². The summed E-state index contributed by atoms with van der Waals surface area (Å²) in [6, 6.07) is 5.62. The summed E-state index contributed by atoms with van der Waals surface area (Å²) in [5.41, 5.74) is 11.9. The number of halogens is 2. The summed E-state index contributed by atoms with van der Waals surface area (Å²) in [5, 5.41) is 2.58. The number of anilines is 1. The SMILES string of the molecule is CCN(CCCON1C(N)=NC(N)=NC1(C)C)c1ccc(Cl)c(Cl)c1. The standard InChI is InChI=1S/C16H24Cl2N6O/c1-4-23(11-6-7-12(17)13(18)10-11)8-5-9-25-24-15(20)21-14(19)22-16(24,2)3/h6-7,10H,4-5,8-9H2,1-3H3,(H4,19,20,21,22). The second-order valence-corrected chi connectivity index (χ2v) is 6.91. The molecule has 1 aromatic rings. The zero-order valence-electron chi connectivity index (χ0n) is 14.7. The van der Waals surface area contributed by atoms with Crippen molar-refractivity contribution in [2.45, 2.75) is 32.9 Å². The number of hydrogen-bond acceptors (Lipinski definition) is 7. The summed E-state index contributed by atoms with van der Waals surface area (Å²) in [6.45, 7) is 7.90. The topological polar surface area (TPSA) is 92.5 Å². The highest BCUT2D eigenvalue weighted by Crippen LogP contribution is 2.27. The number of nitrogens with zero attached hydrogens (tertiary/aromatic N) is 4. The van der Waals surface area contributed by atoms with Crippen molar-refractivity contribution in [1.29, 1.82) is 0 Å². The molecule has 0 aliphatic carbocycles. The van der Waals surface area contributed by atoms with Crippen molar-refractivity contribution in [2.75, 3.05) is 24.6 Å². The largest absolute Gasteiger partial charge is 0.372 e. The molecule has 0 saturated heterocycles. The minimum Gasteiger partial charge on any atom is -0.372 e. The van der Waals surface area contributed by atoms with Gasteiger partial charge in [-0.25, -0.2) is 4.99 Å². The van der Waals surface area contributed by atoms with Gasteiger partial charge in [0.15, 0.2) is 5.66 Å². The van der Waals surface area contributed by atoms with Crippen molar-refractivity contribution < 1.29 is 4.84 Å². The molecule has 0 radical (unpaired) electrons. The zero-order chi connectivity index (χ0) is 18.6. The molecule has 0 bridgehead atoms. The van der Waals surface area contributed by atoms with Crippen LogP contribution in [0.15, 0.2) is 28.2 Å². The van der Waals surface area contributed by atoms with E-state index in [1.807, 2.05) is 26.0 Å². The Morgan fingerprint density at radius 2 is 1.96 bits per heavy atom. The van der Waals surface area contributed by atoms with E-state index < -0.39 is 5.66 Å². The Kier molecular flexibility index (Phi) is 6.37. The molecule has 4 N–H and O–H groups in total. The first-order valence-corrected chi connectivity index (χ1v) is 8.83. The molecule has 25 heavy (non-hydrogen) atoms. The van der Waals surface area contributed by atoms with E-state index in [0.29, 0.717) is 16.7 Å². The van der Waals surface area contributed by atoms with Gasteiger partial charge in [0.2, 0.25) is 11.9 Å². The van der Waals surface area contributed by atoms with Crippen molar-refractivity contribution in [3.05, 3.63) is 28.2 Å². The van der Waals surface area contributed by atoms with Crippen LogP contribution >= 0.6 is 23.2 Å². The molecule has 7 nitrogen and oxygen atoms in total. The van der Waals surface area contributed by atoms with Gasteiger partial charge in [-0.2, -0.15) is 10.1 Å². The Morgan fingerprint density at radius 3 is 2.56 bits per heavy atom. The maximum Gasteiger partial charge on any atom is 0.226 e. The summed E-state index contributed by atoms with van der Waals surface area (Å²) in [7, 11) is 0. The molecule has 0 aromatic heterocycles. The number of aliphatic imine (C=N–C) groups is 2. The first-order chi connectivity index (χ1) is 11.7. The molecule has 0 saturated carbocycles. The number of guanidine groups is 2. The van der Waals surface area contributed by atoms with Crippen LogP contribution in [0.3, 0.4) is 0 Å². The van der Waals surface area contributed by atoms with Crippen molar-refractivity contribution in [3.63, 3.8) is 0 Å². The first kappa shape index (κ1) is 19.6.